The Kier molecular flexibility index (Phi) is 6.81. The predicted molar refractivity (Wildman–Crippen MR) is 113 cm³/mol. The Balaban J connectivity index is 1.34. The molecule has 0 bridgehead atoms. The van der Waals surface area contributed by atoms with E-state index in [2.05, 4.69) is 43.4 Å². The van der Waals surface area contributed by atoms with Gasteiger partial charge in [-0.2, -0.15) is 0 Å². The van der Waals surface area contributed by atoms with Gasteiger partial charge in [0.25, 0.3) is 11.8 Å². The minimum atomic E-state index is -0.269. The molecule has 3 rings (SSSR count). The average Bonchev–Trinajstić information content (AvgIpc) is 2.96. The standard InChI is InChI=1S/C24H28N2O3/c1-17(2)19-13-11-18(12-14-19)7-5-15-25-22(27)10-6-16-26-23(28)20-8-3-4-9-21(20)24(26)29/h3-4,8-9,11-14,17H,5-7,10,15-16H2,1-2H3,(H,25,27). The number of benzene rings is 2. The Bertz CT molecular complexity index is 852. The second-order valence-electron chi connectivity index (χ2n) is 7.76. The molecular weight excluding hydrogens is 364 g/mol. The van der Waals surface area contributed by atoms with Crippen molar-refractivity contribution in [2.45, 2.75) is 45.4 Å². The molecule has 0 radical (unpaired) electrons. The van der Waals surface area contributed by atoms with Crippen molar-refractivity contribution in [3.05, 3.63) is 70.8 Å². The molecular formula is C24H28N2O3. The van der Waals surface area contributed by atoms with Gasteiger partial charge in [0, 0.05) is 19.5 Å². The third-order valence-corrected chi connectivity index (χ3v) is 5.27. The summed E-state index contributed by atoms with van der Waals surface area (Å²) >= 11 is 0. The number of nitrogens with zero attached hydrogens (tertiary/aromatic N) is 1. The maximum absolute atomic E-state index is 12.3. The lowest BCUT2D eigenvalue weighted by Crippen LogP contribution is -2.32. The van der Waals surface area contributed by atoms with Gasteiger partial charge in [-0.15, -0.1) is 0 Å². The first-order valence-corrected chi connectivity index (χ1v) is 10.3. The van der Waals surface area contributed by atoms with Gasteiger partial charge in [-0.3, -0.25) is 19.3 Å². The molecule has 0 aliphatic carbocycles. The van der Waals surface area contributed by atoms with Gasteiger partial charge in [-0.25, -0.2) is 0 Å². The number of imide groups is 1. The van der Waals surface area contributed by atoms with Crippen LogP contribution in [0.5, 0.6) is 0 Å². The van der Waals surface area contributed by atoms with E-state index in [-0.39, 0.29) is 24.3 Å². The minimum absolute atomic E-state index is 0.0447. The second kappa shape index (κ2) is 9.50. The lowest BCUT2D eigenvalue weighted by atomic mass is 10.0. The molecule has 1 aliphatic heterocycles. The number of carbonyl (C=O) groups is 3. The van der Waals surface area contributed by atoms with E-state index in [0.717, 1.165) is 12.8 Å². The third kappa shape index (κ3) is 5.11. The fourth-order valence-electron chi connectivity index (χ4n) is 3.52. The number of rotatable bonds is 9. The third-order valence-electron chi connectivity index (χ3n) is 5.27. The van der Waals surface area contributed by atoms with Gasteiger partial charge in [0.1, 0.15) is 0 Å². The fourth-order valence-corrected chi connectivity index (χ4v) is 3.52. The SMILES string of the molecule is CC(C)c1ccc(CCCNC(=O)CCCN2C(=O)c3ccccc3C2=O)cc1. The molecule has 1 N–H and O–H groups in total. The van der Waals surface area contributed by atoms with Gasteiger partial charge >= 0.3 is 0 Å². The zero-order valence-corrected chi connectivity index (χ0v) is 17.1. The van der Waals surface area contributed by atoms with E-state index in [4.69, 9.17) is 0 Å². The van der Waals surface area contributed by atoms with E-state index in [1.807, 2.05) is 0 Å². The smallest absolute Gasteiger partial charge is 0.261 e. The summed E-state index contributed by atoms with van der Waals surface area (Å²) in [6.45, 7) is 5.25. The topological polar surface area (TPSA) is 66.5 Å². The molecule has 2 aromatic rings. The summed E-state index contributed by atoms with van der Waals surface area (Å²) in [5, 5.41) is 2.92. The molecule has 0 saturated carbocycles. The Morgan fingerprint density at radius 3 is 2.14 bits per heavy atom. The van der Waals surface area contributed by atoms with E-state index in [9.17, 15) is 14.4 Å². The molecule has 29 heavy (non-hydrogen) atoms. The van der Waals surface area contributed by atoms with Gasteiger partial charge in [0.15, 0.2) is 0 Å². The summed E-state index contributed by atoms with van der Waals surface area (Å²) in [6.07, 6.45) is 2.57. The van der Waals surface area contributed by atoms with Crippen LogP contribution >= 0.6 is 0 Å². The van der Waals surface area contributed by atoms with Gasteiger partial charge in [0.05, 0.1) is 11.1 Å². The summed E-state index contributed by atoms with van der Waals surface area (Å²) in [5.41, 5.74) is 3.50. The van der Waals surface area contributed by atoms with Gasteiger partial charge in [0.2, 0.25) is 5.91 Å². The van der Waals surface area contributed by atoms with Crippen LogP contribution in [0, 0.1) is 0 Å². The summed E-state index contributed by atoms with van der Waals surface area (Å²) in [7, 11) is 0. The van der Waals surface area contributed by atoms with Crippen LogP contribution in [-0.4, -0.2) is 35.7 Å². The van der Waals surface area contributed by atoms with Crippen molar-refractivity contribution >= 4 is 17.7 Å². The zero-order valence-electron chi connectivity index (χ0n) is 17.1. The molecule has 5 heteroatoms. The van der Waals surface area contributed by atoms with Crippen molar-refractivity contribution in [2.24, 2.45) is 0 Å². The van der Waals surface area contributed by atoms with E-state index < -0.39 is 0 Å². The average molecular weight is 392 g/mol. The quantitative estimate of drug-likeness (QED) is 0.519. The maximum Gasteiger partial charge on any atom is 0.261 e. The highest BCUT2D eigenvalue weighted by atomic mass is 16.2. The maximum atomic E-state index is 12.3. The van der Waals surface area contributed by atoms with Gasteiger partial charge in [-0.1, -0.05) is 50.2 Å². The minimum Gasteiger partial charge on any atom is -0.356 e. The highest BCUT2D eigenvalue weighted by molar-refractivity contribution is 6.21. The molecule has 0 spiro atoms. The second-order valence-corrected chi connectivity index (χ2v) is 7.76. The number of hydrogen-bond acceptors (Lipinski definition) is 3. The molecule has 5 nitrogen and oxygen atoms in total. The summed E-state index contributed by atoms with van der Waals surface area (Å²) in [5.74, 6) is -0.0515. The number of amides is 3. The molecule has 0 atom stereocenters. The number of aryl methyl sites for hydroxylation is 1. The lowest BCUT2D eigenvalue weighted by molar-refractivity contribution is -0.121. The highest BCUT2D eigenvalue weighted by Crippen LogP contribution is 2.22. The Hall–Kier alpha value is -2.95. The molecule has 0 fully saturated rings. The molecule has 0 saturated heterocycles. The van der Waals surface area contributed by atoms with Crippen molar-refractivity contribution in [3.63, 3.8) is 0 Å². The van der Waals surface area contributed by atoms with Crippen molar-refractivity contribution in [3.8, 4) is 0 Å². The largest absolute Gasteiger partial charge is 0.356 e. The highest BCUT2D eigenvalue weighted by Gasteiger charge is 2.34. The zero-order chi connectivity index (χ0) is 20.8. The first-order valence-electron chi connectivity index (χ1n) is 10.3. The molecule has 0 unspecified atom stereocenters. The van der Waals surface area contributed by atoms with Crippen LogP contribution in [0.3, 0.4) is 0 Å². The van der Waals surface area contributed by atoms with Crippen LogP contribution in [0.25, 0.3) is 0 Å². The van der Waals surface area contributed by atoms with Gasteiger partial charge in [-0.05, 0) is 48.4 Å². The normalized spacial score (nSPS) is 13.1. The molecule has 0 aromatic heterocycles. The fraction of sp³-hybridized carbons (Fsp3) is 0.375. The summed E-state index contributed by atoms with van der Waals surface area (Å²) in [4.78, 5) is 37.8. The summed E-state index contributed by atoms with van der Waals surface area (Å²) in [6, 6.07) is 15.5. The van der Waals surface area contributed by atoms with E-state index >= 15 is 0 Å². The van der Waals surface area contributed by atoms with Crippen LogP contribution in [-0.2, 0) is 11.2 Å². The van der Waals surface area contributed by atoms with Crippen molar-refractivity contribution < 1.29 is 14.4 Å². The van der Waals surface area contributed by atoms with E-state index in [1.165, 1.54) is 16.0 Å². The molecule has 1 heterocycles. The number of nitrogens with one attached hydrogen (secondary N) is 1. The van der Waals surface area contributed by atoms with Crippen LogP contribution in [0.2, 0.25) is 0 Å². The van der Waals surface area contributed by atoms with Crippen molar-refractivity contribution in [1.82, 2.24) is 10.2 Å². The monoisotopic (exact) mass is 392 g/mol. The first-order chi connectivity index (χ1) is 14.0. The van der Waals surface area contributed by atoms with Crippen molar-refractivity contribution in [2.75, 3.05) is 13.1 Å². The Morgan fingerprint density at radius 2 is 1.55 bits per heavy atom. The molecule has 2 aromatic carbocycles. The Labute approximate surface area is 172 Å². The number of carbonyl (C=O) groups excluding carboxylic acids is 3. The van der Waals surface area contributed by atoms with Crippen LogP contribution in [0.15, 0.2) is 48.5 Å². The van der Waals surface area contributed by atoms with E-state index in [0.29, 0.717) is 36.4 Å². The van der Waals surface area contributed by atoms with Crippen molar-refractivity contribution in [1.29, 1.82) is 0 Å². The van der Waals surface area contributed by atoms with Gasteiger partial charge < -0.3 is 5.32 Å². The number of fused-ring (bicyclic) bond motifs is 1. The molecule has 152 valence electrons. The van der Waals surface area contributed by atoms with E-state index in [1.54, 1.807) is 24.3 Å². The Morgan fingerprint density at radius 1 is 0.931 bits per heavy atom. The lowest BCUT2D eigenvalue weighted by Gasteiger charge is -2.13. The predicted octanol–water partition coefficient (Wildman–Crippen LogP) is 3.94. The molecule has 3 amide bonds. The first kappa shape index (κ1) is 20.8. The van der Waals surface area contributed by atoms with Crippen LogP contribution < -0.4 is 5.32 Å². The molecule has 1 aliphatic rings. The van der Waals surface area contributed by atoms with Crippen LogP contribution in [0.4, 0.5) is 0 Å². The number of hydrogen-bond donors (Lipinski definition) is 1. The van der Waals surface area contributed by atoms with Crippen LogP contribution in [0.1, 0.15) is 70.9 Å². The summed E-state index contributed by atoms with van der Waals surface area (Å²) < 4.78 is 0.